The van der Waals surface area contributed by atoms with E-state index >= 15 is 0 Å². The number of H-pyrrole nitrogens is 1. The number of thioether (sulfide) groups is 1. The summed E-state index contributed by atoms with van der Waals surface area (Å²) in [7, 11) is 0. The van der Waals surface area contributed by atoms with E-state index in [1.54, 1.807) is 0 Å². The van der Waals surface area contributed by atoms with Gasteiger partial charge in [-0.1, -0.05) is 65.9 Å². The van der Waals surface area contributed by atoms with Crippen molar-refractivity contribution in [3.05, 3.63) is 88.3 Å². The van der Waals surface area contributed by atoms with Crippen LogP contribution in [0.5, 0.6) is 0 Å². The van der Waals surface area contributed by atoms with Gasteiger partial charge in [0.1, 0.15) is 0 Å². The van der Waals surface area contributed by atoms with Crippen molar-refractivity contribution in [2.75, 3.05) is 5.32 Å². The fourth-order valence-corrected chi connectivity index (χ4v) is 4.82. The summed E-state index contributed by atoms with van der Waals surface area (Å²) in [6, 6.07) is 22.6. The molecule has 0 unspecified atom stereocenters. The molecule has 0 spiro atoms. The molecule has 29 heavy (non-hydrogen) atoms. The predicted octanol–water partition coefficient (Wildman–Crippen LogP) is 6.54. The van der Waals surface area contributed by atoms with Gasteiger partial charge in [-0.25, -0.2) is 0 Å². The van der Waals surface area contributed by atoms with Gasteiger partial charge in [-0.05, 0) is 49.2 Å². The molecule has 0 saturated heterocycles. The van der Waals surface area contributed by atoms with Gasteiger partial charge in [0.25, 0.3) is 5.91 Å². The Bertz CT molecular complexity index is 1290. The second kappa shape index (κ2) is 6.98. The van der Waals surface area contributed by atoms with Gasteiger partial charge in [0.2, 0.25) is 0 Å². The van der Waals surface area contributed by atoms with Crippen LogP contribution in [-0.2, 0) is 4.79 Å². The highest BCUT2D eigenvalue weighted by Crippen LogP contribution is 2.41. The summed E-state index contributed by atoms with van der Waals surface area (Å²) in [5.41, 5.74) is 7.59. The first-order valence-electron chi connectivity index (χ1n) is 9.58. The van der Waals surface area contributed by atoms with Crippen molar-refractivity contribution in [2.24, 2.45) is 0 Å². The number of aromatic amines is 1. The molecule has 0 saturated carbocycles. The minimum Gasteiger partial charge on any atom is -0.354 e. The largest absolute Gasteiger partial charge is 0.354 e. The Labute approximate surface area is 173 Å². The molecule has 1 aliphatic rings. The second-order valence-corrected chi connectivity index (χ2v) is 8.43. The quantitative estimate of drug-likeness (QED) is 0.378. The number of anilines is 1. The first kappa shape index (κ1) is 17.8. The second-order valence-electron chi connectivity index (χ2n) is 7.35. The van der Waals surface area contributed by atoms with E-state index in [1.807, 2.05) is 48.5 Å². The lowest BCUT2D eigenvalue weighted by Gasteiger charge is -2.18. The maximum Gasteiger partial charge on any atom is 0.262 e. The monoisotopic (exact) mass is 396 g/mol. The number of hydrogen-bond acceptors (Lipinski definition) is 2. The molecule has 4 heteroatoms. The van der Waals surface area contributed by atoms with Gasteiger partial charge in [-0.3, -0.25) is 4.79 Å². The lowest BCUT2D eigenvalue weighted by molar-refractivity contribution is -0.112. The van der Waals surface area contributed by atoms with Crippen molar-refractivity contribution in [3.63, 3.8) is 0 Å². The zero-order chi connectivity index (χ0) is 20.0. The van der Waals surface area contributed by atoms with Crippen molar-refractivity contribution in [1.82, 2.24) is 4.98 Å². The van der Waals surface area contributed by atoms with Gasteiger partial charge < -0.3 is 10.3 Å². The van der Waals surface area contributed by atoms with Crippen LogP contribution in [0.2, 0.25) is 0 Å². The van der Waals surface area contributed by atoms with Crippen LogP contribution in [0.4, 0.5) is 5.69 Å². The number of aryl methyl sites for hydroxylation is 2. The molecule has 3 nitrogen and oxygen atoms in total. The zero-order valence-electron chi connectivity index (χ0n) is 16.2. The Hall–Kier alpha value is -3.24. The molecule has 0 fully saturated rings. The molecule has 1 aliphatic heterocycles. The van der Waals surface area contributed by atoms with Crippen molar-refractivity contribution in [2.45, 2.75) is 18.7 Å². The van der Waals surface area contributed by atoms with E-state index in [4.69, 9.17) is 0 Å². The van der Waals surface area contributed by atoms with Crippen LogP contribution in [0, 0.1) is 13.8 Å². The summed E-state index contributed by atoms with van der Waals surface area (Å²) in [6.07, 6.45) is 2.02. The zero-order valence-corrected chi connectivity index (χ0v) is 17.1. The van der Waals surface area contributed by atoms with E-state index in [9.17, 15) is 4.79 Å². The molecule has 0 aliphatic carbocycles. The normalized spacial score (nSPS) is 14.8. The first-order chi connectivity index (χ1) is 14.1. The third-order valence-electron chi connectivity index (χ3n) is 5.21. The minimum atomic E-state index is -0.0635. The molecule has 0 radical (unpaired) electrons. The third-order valence-corrected chi connectivity index (χ3v) is 6.31. The molecule has 4 aromatic rings. The summed E-state index contributed by atoms with van der Waals surface area (Å²) < 4.78 is 0. The van der Waals surface area contributed by atoms with Crippen molar-refractivity contribution >= 4 is 40.3 Å². The van der Waals surface area contributed by atoms with Crippen LogP contribution in [0.1, 0.15) is 16.7 Å². The number of nitrogens with one attached hydrogen (secondary N) is 2. The SMILES string of the molecule is Cc1cc(C)c2[nH]c(-c3ccccc3)c(/C=C3\Sc4ccccc4NC3=O)c2c1. The standard InChI is InChI=1S/C25H20N2OS/c1-15-12-16(2)23-18(13-15)19(24(27-23)17-8-4-3-5-9-17)14-22-25(28)26-20-10-6-7-11-21(20)29-22/h3-14,27H,1-2H3,(H,26,28)/b22-14-. The predicted molar refractivity (Wildman–Crippen MR) is 122 cm³/mol. The number of hydrogen-bond donors (Lipinski definition) is 2. The van der Waals surface area contributed by atoms with Gasteiger partial charge in [0.05, 0.1) is 16.3 Å². The minimum absolute atomic E-state index is 0.0635. The smallest absolute Gasteiger partial charge is 0.262 e. The van der Waals surface area contributed by atoms with Crippen LogP contribution >= 0.6 is 11.8 Å². The summed E-state index contributed by atoms with van der Waals surface area (Å²) in [4.78, 5) is 18.2. The third kappa shape index (κ3) is 3.15. The van der Waals surface area contributed by atoms with E-state index in [0.717, 1.165) is 38.3 Å². The summed E-state index contributed by atoms with van der Waals surface area (Å²) >= 11 is 1.52. The van der Waals surface area contributed by atoms with Gasteiger partial charge in [-0.15, -0.1) is 0 Å². The Morgan fingerprint density at radius 2 is 1.69 bits per heavy atom. The van der Waals surface area contributed by atoms with E-state index in [2.05, 4.69) is 48.4 Å². The van der Waals surface area contributed by atoms with Gasteiger partial charge in [-0.2, -0.15) is 0 Å². The molecule has 2 N–H and O–H groups in total. The van der Waals surface area contributed by atoms with Crippen LogP contribution in [-0.4, -0.2) is 10.9 Å². The van der Waals surface area contributed by atoms with Gasteiger partial charge >= 0.3 is 0 Å². The van der Waals surface area contributed by atoms with Crippen LogP contribution < -0.4 is 5.32 Å². The van der Waals surface area contributed by atoms with Gasteiger partial charge in [0.15, 0.2) is 0 Å². The fraction of sp³-hybridized carbons (Fsp3) is 0.0800. The average Bonchev–Trinajstić information content (AvgIpc) is 3.08. The van der Waals surface area contributed by atoms with Crippen molar-refractivity contribution in [3.8, 4) is 11.3 Å². The molecular formula is C25H20N2OS. The van der Waals surface area contributed by atoms with E-state index in [1.165, 1.54) is 22.9 Å². The number of carbonyl (C=O) groups is 1. The van der Waals surface area contributed by atoms with Crippen LogP contribution in [0.25, 0.3) is 28.2 Å². The maximum absolute atomic E-state index is 12.8. The van der Waals surface area contributed by atoms with Crippen molar-refractivity contribution < 1.29 is 4.79 Å². The van der Waals surface area contributed by atoms with E-state index < -0.39 is 0 Å². The lowest BCUT2D eigenvalue weighted by Crippen LogP contribution is -2.17. The Morgan fingerprint density at radius 1 is 0.931 bits per heavy atom. The molecule has 142 valence electrons. The molecule has 0 bridgehead atoms. The molecule has 1 aromatic heterocycles. The summed E-state index contributed by atoms with van der Waals surface area (Å²) in [5, 5.41) is 4.15. The van der Waals surface area contributed by atoms with E-state index in [-0.39, 0.29) is 5.91 Å². The van der Waals surface area contributed by atoms with Crippen LogP contribution in [0.15, 0.2) is 76.5 Å². The highest BCUT2D eigenvalue weighted by molar-refractivity contribution is 8.04. The molecule has 0 atom stereocenters. The number of amides is 1. The number of benzene rings is 3. The number of fused-ring (bicyclic) bond motifs is 2. The first-order valence-corrected chi connectivity index (χ1v) is 10.4. The van der Waals surface area contributed by atoms with Gasteiger partial charge in [0, 0.05) is 21.4 Å². The topological polar surface area (TPSA) is 44.9 Å². The number of rotatable bonds is 2. The summed E-state index contributed by atoms with van der Waals surface area (Å²) in [6.45, 7) is 4.23. The molecule has 1 amide bonds. The lowest BCUT2D eigenvalue weighted by atomic mass is 10.0. The molecule has 3 aromatic carbocycles. The highest BCUT2D eigenvalue weighted by Gasteiger charge is 2.22. The molecule has 2 heterocycles. The van der Waals surface area contributed by atoms with E-state index in [0.29, 0.717) is 4.91 Å². The highest BCUT2D eigenvalue weighted by atomic mass is 32.2. The average molecular weight is 397 g/mol. The number of para-hydroxylation sites is 1. The van der Waals surface area contributed by atoms with Crippen LogP contribution in [0.3, 0.4) is 0 Å². The fourth-order valence-electron chi connectivity index (χ4n) is 3.89. The summed E-state index contributed by atoms with van der Waals surface area (Å²) in [5.74, 6) is -0.0635. The maximum atomic E-state index is 12.8. The number of aromatic nitrogens is 1. The Morgan fingerprint density at radius 3 is 2.52 bits per heavy atom. The number of carbonyl (C=O) groups excluding carboxylic acids is 1. The van der Waals surface area contributed by atoms with Crippen molar-refractivity contribution in [1.29, 1.82) is 0 Å². The Kier molecular flexibility index (Phi) is 4.29. The molecular weight excluding hydrogens is 376 g/mol. The Balaban J connectivity index is 1.74. The molecule has 5 rings (SSSR count).